The molecule has 1 spiro atoms. The van der Waals surface area contributed by atoms with E-state index in [1.807, 2.05) is 0 Å². The Labute approximate surface area is 60.6 Å². The Bertz CT molecular complexity index is 151. The van der Waals surface area contributed by atoms with Crippen molar-refractivity contribution >= 4 is 5.78 Å². The highest BCUT2D eigenvalue weighted by Crippen LogP contribution is 2.37. The standard InChI is InChI=1S/C8H12O2/c9-7-3-1-4-8(7)5-2-6-10-8/h1-6H2/t8-/m1/s1. The Balaban J connectivity index is 2.19. The molecule has 10 heavy (non-hydrogen) atoms. The summed E-state index contributed by atoms with van der Waals surface area (Å²) in [6.45, 7) is 0.797. The third-order valence-electron chi connectivity index (χ3n) is 2.60. The molecule has 2 aliphatic rings. The van der Waals surface area contributed by atoms with Gasteiger partial charge in [-0.15, -0.1) is 0 Å². The predicted molar refractivity (Wildman–Crippen MR) is 36.8 cm³/mol. The summed E-state index contributed by atoms with van der Waals surface area (Å²) in [4.78, 5) is 11.3. The van der Waals surface area contributed by atoms with Crippen LogP contribution in [0.1, 0.15) is 32.1 Å². The Morgan fingerprint density at radius 2 is 2.10 bits per heavy atom. The summed E-state index contributed by atoms with van der Waals surface area (Å²) >= 11 is 0. The fourth-order valence-electron chi connectivity index (χ4n) is 2.02. The second-order valence-corrected chi connectivity index (χ2v) is 3.22. The first-order valence-electron chi connectivity index (χ1n) is 4.01. The predicted octanol–water partition coefficient (Wildman–Crippen LogP) is 1.29. The molecule has 1 saturated carbocycles. The van der Waals surface area contributed by atoms with Crippen molar-refractivity contribution < 1.29 is 9.53 Å². The molecule has 2 nitrogen and oxygen atoms in total. The number of rotatable bonds is 0. The molecule has 1 aliphatic carbocycles. The molecule has 0 unspecified atom stereocenters. The van der Waals surface area contributed by atoms with E-state index in [4.69, 9.17) is 4.74 Å². The number of hydrogen-bond donors (Lipinski definition) is 0. The van der Waals surface area contributed by atoms with Gasteiger partial charge in [-0.05, 0) is 25.7 Å². The van der Waals surface area contributed by atoms with Crippen molar-refractivity contribution in [2.45, 2.75) is 37.7 Å². The van der Waals surface area contributed by atoms with Crippen LogP contribution in [0.4, 0.5) is 0 Å². The summed E-state index contributed by atoms with van der Waals surface area (Å²) in [6.07, 6.45) is 4.82. The molecular formula is C8H12O2. The Hall–Kier alpha value is -0.370. The average molecular weight is 140 g/mol. The van der Waals surface area contributed by atoms with Gasteiger partial charge >= 0.3 is 0 Å². The first-order valence-corrected chi connectivity index (χ1v) is 4.01. The molecule has 0 aromatic rings. The van der Waals surface area contributed by atoms with Crippen molar-refractivity contribution in [2.75, 3.05) is 6.61 Å². The van der Waals surface area contributed by atoms with Gasteiger partial charge in [0.15, 0.2) is 5.78 Å². The minimum Gasteiger partial charge on any atom is -0.367 e. The number of ether oxygens (including phenoxy) is 1. The molecule has 1 saturated heterocycles. The van der Waals surface area contributed by atoms with E-state index in [2.05, 4.69) is 0 Å². The molecule has 2 fully saturated rings. The summed E-state index contributed by atoms with van der Waals surface area (Å²) in [5.41, 5.74) is -0.292. The van der Waals surface area contributed by atoms with Crippen molar-refractivity contribution in [1.82, 2.24) is 0 Å². The zero-order chi connectivity index (χ0) is 7.03. The van der Waals surface area contributed by atoms with E-state index in [1.165, 1.54) is 0 Å². The highest BCUT2D eigenvalue weighted by Gasteiger charge is 2.45. The fraction of sp³-hybridized carbons (Fsp3) is 0.875. The van der Waals surface area contributed by atoms with E-state index < -0.39 is 0 Å². The van der Waals surface area contributed by atoms with Gasteiger partial charge < -0.3 is 4.74 Å². The molecule has 0 N–H and O–H groups in total. The molecule has 1 atom stereocenters. The quantitative estimate of drug-likeness (QED) is 0.506. The van der Waals surface area contributed by atoms with Crippen LogP contribution in [0.2, 0.25) is 0 Å². The van der Waals surface area contributed by atoms with Gasteiger partial charge in [-0.1, -0.05) is 0 Å². The maximum absolute atomic E-state index is 11.3. The zero-order valence-electron chi connectivity index (χ0n) is 6.06. The van der Waals surface area contributed by atoms with Gasteiger partial charge in [0.25, 0.3) is 0 Å². The van der Waals surface area contributed by atoms with Crippen molar-refractivity contribution in [3.63, 3.8) is 0 Å². The SMILES string of the molecule is O=C1CCC[C@@]12CCCO2. The lowest BCUT2D eigenvalue weighted by atomic mass is 9.98. The third-order valence-corrected chi connectivity index (χ3v) is 2.60. The van der Waals surface area contributed by atoms with Crippen LogP contribution in [-0.4, -0.2) is 18.0 Å². The summed E-state index contributed by atoms with van der Waals surface area (Å²) in [6, 6.07) is 0. The van der Waals surface area contributed by atoms with Gasteiger partial charge in [-0.25, -0.2) is 0 Å². The lowest BCUT2D eigenvalue weighted by Gasteiger charge is -2.18. The van der Waals surface area contributed by atoms with Crippen LogP contribution in [0, 0.1) is 0 Å². The average Bonchev–Trinajstić information content (AvgIpc) is 2.48. The van der Waals surface area contributed by atoms with Gasteiger partial charge in [0.05, 0.1) is 0 Å². The molecule has 1 heterocycles. The molecule has 1 aliphatic heterocycles. The number of hydrogen-bond acceptors (Lipinski definition) is 2. The molecule has 0 radical (unpaired) electrons. The van der Waals surface area contributed by atoms with Crippen LogP contribution < -0.4 is 0 Å². The zero-order valence-corrected chi connectivity index (χ0v) is 6.06. The molecule has 2 rings (SSSR count). The summed E-state index contributed by atoms with van der Waals surface area (Å²) in [5, 5.41) is 0. The van der Waals surface area contributed by atoms with E-state index in [-0.39, 0.29) is 5.60 Å². The van der Waals surface area contributed by atoms with Crippen LogP contribution in [0.25, 0.3) is 0 Å². The van der Waals surface area contributed by atoms with Crippen LogP contribution in [0.3, 0.4) is 0 Å². The van der Waals surface area contributed by atoms with E-state index in [1.54, 1.807) is 0 Å². The molecule has 0 aromatic heterocycles. The first-order chi connectivity index (χ1) is 4.83. The van der Waals surface area contributed by atoms with Gasteiger partial charge in [-0.3, -0.25) is 4.79 Å². The minimum atomic E-state index is -0.292. The molecule has 0 aromatic carbocycles. The largest absolute Gasteiger partial charge is 0.367 e. The number of ketones is 1. The minimum absolute atomic E-state index is 0.292. The monoisotopic (exact) mass is 140 g/mol. The van der Waals surface area contributed by atoms with Gasteiger partial charge in [0.2, 0.25) is 0 Å². The van der Waals surface area contributed by atoms with E-state index in [0.717, 1.165) is 38.7 Å². The van der Waals surface area contributed by atoms with E-state index in [0.29, 0.717) is 5.78 Å². The van der Waals surface area contributed by atoms with Gasteiger partial charge in [0.1, 0.15) is 5.60 Å². The highest BCUT2D eigenvalue weighted by atomic mass is 16.5. The van der Waals surface area contributed by atoms with Crippen LogP contribution in [0.5, 0.6) is 0 Å². The summed E-state index contributed by atoms with van der Waals surface area (Å²) in [7, 11) is 0. The van der Waals surface area contributed by atoms with Crippen molar-refractivity contribution in [3.05, 3.63) is 0 Å². The molecule has 56 valence electrons. The normalized spacial score (nSPS) is 39.8. The van der Waals surface area contributed by atoms with Gasteiger partial charge in [-0.2, -0.15) is 0 Å². The maximum atomic E-state index is 11.3. The van der Waals surface area contributed by atoms with Crippen LogP contribution in [-0.2, 0) is 9.53 Å². The second-order valence-electron chi connectivity index (χ2n) is 3.22. The number of Topliss-reactive ketones (excluding diaryl/α,β-unsaturated/α-hetero) is 1. The first kappa shape index (κ1) is 6.35. The van der Waals surface area contributed by atoms with Crippen molar-refractivity contribution in [1.29, 1.82) is 0 Å². The third kappa shape index (κ3) is 0.717. The second kappa shape index (κ2) is 2.06. The summed E-state index contributed by atoms with van der Waals surface area (Å²) < 4.78 is 5.46. The molecule has 0 bridgehead atoms. The molecule has 0 amide bonds. The van der Waals surface area contributed by atoms with Crippen LogP contribution >= 0.6 is 0 Å². The van der Waals surface area contributed by atoms with Crippen LogP contribution in [0.15, 0.2) is 0 Å². The topological polar surface area (TPSA) is 26.3 Å². The van der Waals surface area contributed by atoms with Crippen molar-refractivity contribution in [3.8, 4) is 0 Å². The van der Waals surface area contributed by atoms with E-state index >= 15 is 0 Å². The molecule has 2 heteroatoms. The van der Waals surface area contributed by atoms with E-state index in [9.17, 15) is 4.79 Å². The lowest BCUT2D eigenvalue weighted by Crippen LogP contribution is -2.32. The Morgan fingerprint density at radius 3 is 2.60 bits per heavy atom. The fourth-order valence-corrected chi connectivity index (χ4v) is 2.02. The summed E-state index contributed by atoms with van der Waals surface area (Å²) in [5.74, 6) is 0.352. The van der Waals surface area contributed by atoms with Gasteiger partial charge in [0, 0.05) is 13.0 Å². The highest BCUT2D eigenvalue weighted by molar-refractivity contribution is 5.89. The lowest BCUT2D eigenvalue weighted by molar-refractivity contribution is -0.134. The smallest absolute Gasteiger partial charge is 0.164 e. The Kier molecular flexibility index (Phi) is 1.31. The van der Waals surface area contributed by atoms with Crippen molar-refractivity contribution in [2.24, 2.45) is 0 Å². The maximum Gasteiger partial charge on any atom is 0.164 e. The number of carbonyl (C=O) groups excluding carboxylic acids is 1. The Morgan fingerprint density at radius 1 is 1.30 bits per heavy atom. The number of carbonyl (C=O) groups is 1. The molecular weight excluding hydrogens is 128 g/mol.